The summed E-state index contributed by atoms with van der Waals surface area (Å²) in [5.74, 6) is -4.32. The van der Waals surface area contributed by atoms with Gasteiger partial charge in [0.1, 0.15) is 6.61 Å². The number of rotatable bonds is 21. The van der Waals surface area contributed by atoms with E-state index in [0.29, 0.717) is 31.6 Å². The molecule has 2 aliphatic heterocycles. The van der Waals surface area contributed by atoms with E-state index in [0.717, 1.165) is 50.4 Å². The second kappa shape index (κ2) is 21.9. The van der Waals surface area contributed by atoms with Gasteiger partial charge in [-0.25, -0.2) is 9.69 Å². The highest BCUT2D eigenvalue weighted by molar-refractivity contribution is 8.02. The molecule has 2 amide bonds. The Morgan fingerprint density at radius 3 is 2.32 bits per heavy atom. The summed E-state index contributed by atoms with van der Waals surface area (Å²) in [4.78, 5) is 57.0. The van der Waals surface area contributed by atoms with Gasteiger partial charge in [0.05, 0.1) is 45.0 Å². The molecule has 11 nitrogen and oxygen atoms in total. The van der Waals surface area contributed by atoms with Gasteiger partial charge < -0.3 is 28.8 Å². The molecule has 2 heterocycles. The zero-order valence-corrected chi connectivity index (χ0v) is 32.8. The minimum Gasteiger partial charge on any atom is -0.468 e. The molecule has 53 heavy (non-hydrogen) atoms. The summed E-state index contributed by atoms with van der Waals surface area (Å²) in [6.07, 6.45) is 12.9. The van der Waals surface area contributed by atoms with Gasteiger partial charge in [0.15, 0.2) is 11.2 Å². The zero-order chi connectivity index (χ0) is 38.9. The van der Waals surface area contributed by atoms with Crippen LogP contribution in [-0.2, 0) is 44.5 Å². The predicted molar refractivity (Wildman–Crippen MR) is 205 cm³/mol. The summed E-state index contributed by atoms with van der Waals surface area (Å²) in [7, 11) is 2.32. The number of esters is 2. The maximum atomic E-state index is 14.7. The number of unbranched alkanes of at least 4 members (excludes halogenated alkanes) is 4. The maximum absolute atomic E-state index is 14.7. The number of cyclic esters (lactones) is 1. The van der Waals surface area contributed by atoms with Gasteiger partial charge in [-0.2, -0.15) is 0 Å². The molecule has 2 aliphatic rings. The first-order valence-corrected chi connectivity index (χ1v) is 19.5. The van der Waals surface area contributed by atoms with Crippen molar-refractivity contribution >= 4 is 35.7 Å². The average molecular weight is 756 g/mol. The highest BCUT2D eigenvalue weighted by atomic mass is 32.2. The third-order valence-corrected chi connectivity index (χ3v) is 10.0. The van der Waals surface area contributed by atoms with Crippen molar-refractivity contribution in [3.05, 3.63) is 83.3 Å². The van der Waals surface area contributed by atoms with Crippen LogP contribution in [0.25, 0.3) is 0 Å². The van der Waals surface area contributed by atoms with Crippen LogP contribution in [0.4, 0.5) is 4.79 Å². The Hall–Kier alpha value is -3.71. The van der Waals surface area contributed by atoms with Gasteiger partial charge in [-0.05, 0) is 88.0 Å². The first kappa shape index (κ1) is 43.7. The average Bonchev–Trinajstić information content (AvgIpc) is 3.70. The molecule has 12 heteroatoms. The van der Waals surface area contributed by atoms with Crippen molar-refractivity contribution in [1.82, 2.24) is 4.90 Å². The Balaban J connectivity index is 2.07. The number of hydrogen-bond donors (Lipinski definition) is 1. The van der Waals surface area contributed by atoms with E-state index in [1.54, 1.807) is 17.6 Å². The lowest BCUT2D eigenvalue weighted by molar-refractivity contribution is -0.168. The van der Waals surface area contributed by atoms with Crippen molar-refractivity contribution in [2.75, 3.05) is 33.2 Å². The van der Waals surface area contributed by atoms with Crippen molar-refractivity contribution < 1.29 is 48.0 Å². The van der Waals surface area contributed by atoms with Crippen LogP contribution in [0.3, 0.4) is 0 Å². The van der Waals surface area contributed by atoms with Crippen LogP contribution < -0.4 is 0 Å². The van der Waals surface area contributed by atoms with Gasteiger partial charge in [0.2, 0.25) is 5.91 Å². The third-order valence-electron chi connectivity index (χ3n) is 9.28. The van der Waals surface area contributed by atoms with Crippen molar-refractivity contribution in [2.45, 2.75) is 103 Å². The summed E-state index contributed by atoms with van der Waals surface area (Å²) in [5.41, 5.74) is -1.04. The summed E-state index contributed by atoms with van der Waals surface area (Å²) in [5, 5.41) is 13.5. The Morgan fingerprint density at radius 2 is 1.72 bits per heavy atom. The van der Waals surface area contributed by atoms with E-state index in [1.807, 2.05) is 70.2 Å². The molecule has 1 aromatic carbocycles. The number of allylic oxidation sites excluding steroid dienone is 4. The number of aliphatic hydroxyl groups is 1. The molecule has 0 saturated carbocycles. The summed E-state index contributed by atoms with van der Waals surface area (Å²) >= 11 is 1.37. The number of carbonyl (C=O) groups excluding carboxylic acids is 4. The van der Waals surface area contributed by atoms with Gasteiger partial charge in [0, 0.05) is 0 Å². The number of amides is 2. The molecule has 1 aromatic rings. The van der Waals surface area contributed by atoms with E-state index in [-0.39, 0.29) is 18.3 Å². The SMILES string of the molecule is C/C=C/CCCCC/C=C/C(=C/SCC)C(C[C@H](C(=O)N1C(=O)OC[C@@H]1Cc1ccccc1)[C@H](O)/C=C/C[C@H]1COC(C)(C)O1)(C(=O)OC)C(=O)OC. The molecule has 0 unspecified atom stereocenters. The monoisotopic (exact) mass is 755 g/mol. The Morgan fingerprint density at radius 1 is 1.04 bits per heavy atom. The molecule has 3 rings (SSSR count). The van der Waals surface area contributed by atoms with Crippen LogP contribution in [0.1, 0.15) is 78.2 Å². The second-order valence-corrected chi connectivity index (χ2v) is 14.7. The van der Waals surface area contributed by atoms with E-state index in [9.17, 15) is 24.3 Å². The molecule has 0 radical (unpaired) electrons. The maximum Gasteiger partial charge on any atom is 0.416 e. The van der Waals surface area contributed by atoms with E-state index in [4.69, 9.17) is 23.7 Å². The topological polar surface area (TPSA) is 138 Å². The fraction of sp³-hybridized carbons (Fsp3) is 0.561. The van der Waals surface area contributed by atoms with Crippen LogP contribution in [0.2, 0.25) is 0 Å². The van der Waals surface area contributed by atoms with Gasteiger partial charge in [0.25, 0.3) is 0 Å². The highest BCUT2D eigenvalue weighted by Gasteiger charge is 2.55. The molecule has 0 aliphatic carbocycles. The molecule has 292 valence electrons. The predicted octanol–water partition coefficient (Wildman–Crippen LogP) is 7.09. The second-order valence-electron chi connectivity index (χ2n) is 13.6. The molecular weight excluding hydrogens is 699 g/mol. The van der Waals surface area contributed by atoms with Crippen LogP contribution in [0.15, 0.2) is 77.8 Å². The number of thioether (sulfide) groups is 1. The zero-order valence-electron chi connectivity index (χ0n) is 32.0. The van der Waals surface area contributed by atoms with E-state index < -0.39 is 59.6 Å². The Bertz CT molecular complexity index is 1450. The first-order valence-electron chi connectivity index (χ1n) is 18.4. The standard InChI is InChI=1S/C41H57NO10S/c1-7-9-10-11-12-13-14-18-22-31(29-53-8-2)41(37(45)48-5,38(46)49-6)26-34(35(43)24-19-23-33-28-51-40(3,4)52-33)36(44)42-32(27-50-39(42)47)25-30-20-16-15-17-21-30/h7,9,15-22,24,29,32-35,43H,8,10-14,23,25-28H2,1-6H3/b9-7+,22-18+,24-19+,31-29-/t32-,33-,34-,35+/m0/s1. The quantitative estimate of drug-likeness (QED) is 0.0344. The number of carbonyl (C=O) groups is 4. The lowest BCUT2D eigenvalue weighted by Gasteiger charge is -2.35. The van der Waals surface area contributed by atoms with Gasteiger partial charge >= 0.3 is 18.0 Å². The summed E-state index contributed by atoms with van der Waals surface area (Å²) in [6, 6.07) is 8.66. The number of nitrogens with zero attached hydrogens (tertiary/aromatic N) is 1. The minimum absolute atomic E-state index is 0.0537. The normalized spacial score (nSPS) is 20.3. The molecule has 2 fully saturated rings. The third kappa shape index (κ3) is 12.4. The molecule has 4 atom stereocenters. The van der Waals surface area contributed by atoms with Crippen molar-refractivity contribution in [1.29, 1.82) is 0 Å². The molecular formula is C41H57NO10S. The number of methoxy groups -OCH3 is 2. The van der Waals surface area contributed by atoms with Crippen molar-refractivity contribution in [3.8, 4) is 0 Å². The lowest BCUT2D eigenvalue weighted by Crippen LogP contribution is -2.51. The van der Waals surface area contributed by atoms with Crippen LogP contribution >= 0.6 is 11.8 Å². The van der Waals surface area contributed by atoms with E-state index in [2.05, 4.69) is 6.08 Å². The minimum atomic E-state index is -2.17. The lowest BCUT2D eigenvalue weighted by atomic mass is 9.71. The van der Waals surface area contributed by atoms with Crippen molar-refractivity contribution in [2.24, 2.45) is 11.3 Å². The number of aliphatic hydroxyl groups excluding tert-OH is 1. The number of imide groups is 1. The smallest absolute Gasteiger partial charge is 0.416 e. The molecule has 2 saturated heterocycles. The van der Waals surface area contributed by atoms with Crippen LogP contribution in [-0.4, -0.2) is 91.2 Å². The summed E-state index contributed by atoms with van der Waals surface area (Å²) in [6.45, 7) is 7.83. The highest BCUT2D eigenvalue weighted by Crippen LogP contribution is 2.42. The van der Waals surface area contributed by atoms with Gasteiger partial charge in [-0.3, -0.25) is 14.4 Å². The molecule has 0 bridgehead atoms. The van der Waals surface area contributed by atoms with E-state index >= 15 is 0 Å². The molecule has 0 aromatic heterocycles. The fourth-order valence-corrected chi connectivity index (χ4v) is 7.12. The van der Waals surface area contributed by atoms with E-state index in [1.165, 1.54) is 17.8 Å². The summed E-state index contributed by atoms with van der Waals surface area (Å²) < 4.78 is 27.5. The first-order chi connectivity index (χ1) is 25.4. The Kier molecular flexibility index (Phi) is 18.0. The number of ether oxygens (including phenoxy) is 5. The van der Waals surface area contributed by atoms with Gasteiger partial charge in [-0.1, -0.05) is 80.1 Å². The van der Waals surface area contributed by atoms with Gasteiger partial charge in [-0.15, -0.1) is 11.8 Å². The number of benzene rings is 1. The Labute approximate surface area is 318 Å². The number of hydrogen-bond acceptors (Lipinski definition) is 11. The largest absolute Gasteiger partial charge is 0.468 e. The van der Waals surface area contributed by atoms with Crippen molar-refractivity contribution in [3.63, 3.8) is 0 Å². The van der Waals surface area contributed by atoms with Crippen LogP contribution in [0.5, 0.6) is 0 Å². The molecule has 1 N–H and O–H groups in total. The van der Waals surface area contributed by atoms with Crippen LogP contribution in [0, 0.1) is 11.3 Å². The molecule has 0 spiro atoms. The fourth-order valence-electron chi connectivity index (χ4n) is 6.50.